The molecule has 0 saturated heterocycles. The average molecular weight is 250 g/mol. The summed E-state index contributed by atoms with van der Waals surface area (Å²) in [5.41, 5.74) is 4.23. The van der Waals surface area contributed by atoms with Gasteiger partial charge in [0.15, 0.2) is 0 Å². The summed E-state index contributed by atoms with van der Waals surface area (Å²) in [4.78, 5) is 0. The smallest absolute Gasteiger partial charge is 0.118 e. The van der Waals surface area contributed by atoms with Gasteiger partial charge in [0.2, 0.25) is 0 Å². The van der Waals surface area contributed by atoms with Crippen molar-refractivity contribution < 1.29 is 4.74 Å². The van der Waals surface area contributed by atoms with Gasteiger partial charge in [0.1, 0.15) is 5.75 Å². The summed E-state index contributed by atoms with van der Waals surface area (Å²) < 4.78 is 5.17. The lowest BCUT2D eigenvalue weighted by molar-refractivity contribution is 0.415. The summed E-state index contributed by atoms with van der Waals surface area (Å²) in [6.07, 6.45) is 6.97. The summed E-state index contributed by atoms with van der Waals surface area (Å²) in [5.74, 6) is 1.47. The first-order valence-electron chi connectivity index (χ1n) is 6.77. The van der Waals surface area contributed by atoms with Crippen molar-refractivity contribution in [3.63, 3.8) is 0 Å². The van der Waals surface area contributed by atoms with Crippen molar-refractivity contribution in [2.75, 3.05) is 7.11 Å². The van der Waals surface area contributed by atoms with Crippen LogP contribution in [-0.4, -0.2) is 7.11 Å². The SMILES string of the molecule is COc1ccc(/C=C/[C@@H]2CCc3ccccc32)cc1. The molecule has 1 heteroatoms. The Bertz CT molecular complexity index is 581. The fraction of sp³-hybridized carbons (Fsp3) is 0.222. The number of allylic oxidation sites excluding steroid dienone is 1. The number of ether oxygens (including phenoxy) is 1. The molecule has 2 aromatic rings. The first kappa shape index (κ1) is 12.0. The highest BCUT2D eigenvalue weighted by molar-refractivity contribution is 5.53. The first-order valence-corrected chi connectivity index (χ1v) is 6.77. The third-order valence-corrected chi connectivity index (χ3v) is 3.82. The van der Waals surface area contributed by atoms with Crippen LogP contribution in [0.1, 0.15) is 29.0 Å². The number of fused-ring (bicyclic) bond motifs is 1. The van der Waals surface area contributed by atoms with Crippen LogP contribution in [0.25, 0.3) is 6.08 Å². The highest BCUT2D eigenvalue weighted by atomic mass is 16.5. The molecule has 1 nitrogen and oxygen atoms in total. The summed E-state index contributed by atoms with van der Waals surface area (Å²) in [5, 5.41) is 0. The molecule has 19 heavy (non-hydrogen) atoms. The maximum Gasteiger partial charge on any atom is 0.118 e. The highest BCUT2D eigenvalue weighted by Crippen LogP contribution is 2.34. The maximum absolute atomic E-state index is 5.17. The van der Waals surface area contributed by atoms with Gasteiger partial charge in [0, 0.05) is 5.92 Å². The molecular weight excluding hydrogens is 232 g/mol. The lowest BCUT2D eigenvalue weighted by atomic mass is 10.00. The van der Waals surface area contributed by atoms with Crippen molar-refractivity contribution in [1.82, 2.24) is 0 Å². The fourth-order valence-electron chi connectivity index (χ4n) is 2.73. The van der Waals surface area contributed by atoms with E-state index in [0.29, 0.717) is 5.92 Å². The van der Waals surface area contributed by atoms with Gasteiger partial charge in [-0.2, -0.15) is 0 Å². The Morgan fingerprint density at radius 1 is 1.05 bits per heavy atom. The van der Waals surface area contributed by atoms with E-state index >= 15 is 0 Å². The molecule has 1 atom stereocenters. The molecule has 1 aliphatic carbocycles. The molecule has 0 N–H and O–H groups in total. The Kier molecular flexibility index (Phi) is 3.37. The molecule has 0 aromatic heterocycles. The zero-order valence-corrected chi connectivity index (χ0v) is 11.2. The molecule has 0 saturated carbocycles. The second kappa shape index (κ2) is 5.31. The first-order chi connectivity index (χ1) is 9.36. The second-order valence-corrected chi connectivity index (χ2v) is 4.98. The number of hydrogen-bond donors (Lipinski definition) is 0. The Labute approximate surface area is 114 Å². The molecule has 0 unspecified atom stereocenters. The molecule has 0 bridgehead atoms. The number of benzene rings is 2. The Morgan fingerprint density at radius 3 is 2.63 bits per heavy atom. The third kappa shape index (κ3) is 2.55. The molecule has 0 spiro atoms. The zero-order chi connectivity index (χ0) is 13.1. The van der Waals surface area contributed by atoms with E-state index in [1.165, 1.54) is 29.5 Å². The van der Waals surface area contributed by atoms with E-state index in [1.54, 1.807) is 7.11 Å². The quantitative estimate of drug-likeness (QED) is 0.782. The monoisotopic (exact) mass is 250 g/mol. The standard InChI is InChI=1S/C18H18O/c1-19-17-12-7-14(8-13-17)6-9-16-11-10-15-4-2-3-5-18(15)16/h2-9,12-13,16H,10-11H2,1H3/b9-6+/t16-/m1/s1. The van der Waals surface area contributed by atoms with Gasteiger partial charge in [-0.1, -0.05) is 48.6 Å². The fourth-order valence-corrected chi connectivity index (χ4v) is 2.73. The Morgan fingerprint density at radius 2 is 1.84 bits per heavy atom. The number of aryl methyl sites for hydroxylation is 1. The summed E-state index contributed by atoms with van der Waals surface area (Å²) in [6, 6.07) is 17.0. The minimum atomic E-state index is 0.568. The van der Waals surface area contributed by atoms with Crippen LogP contribution in [0.4, 0.5) is 0 Å². The van der Waals surface area contributed by atoms with Crippen LogP contribution in [0.5, 0.6) is 5.75 Å². The normalized spacial score (nSPS) is 17.6. The van der Waals surface area contributed by atoms with Crippen molar-refractivity contribution in [2.24, 2.45) is 0 Å². The molecule has 0 heterocycles. The van der Waals surface area contributed by atoms with E-state index in [-0.39, 0.29) is 0 Å². The molecule has 2 aromatic carbocycles. The third-order valence-electron chi connectivity index (χ3n) is 3.82. The predicted octanol–water partition coefficient (Wildman–Crippen LogP) is 4.44. The number of rotatable bonds is 3. The van der Waals surface area contributed by atoms with Crippen molar-refractivity contribution in [3.05, 3.63) is 71.3 Å². The number of methoxy groups -OCH3 is 1. The highest BCUT2D eigenvalue weighted by Gasteiger charge is 2.18. The van der Waals surface area contributed by atoms with Gasteiger partial charge in [-0.3, -0.25) is 0 Å². The van der Waals surface area contributed by atoms with Crippen LogP contribution in [0, 0.1) is 0 Å². The maximum atomic E-state index is 5.17. The Hall–Kier alpha value is -2.02. The van der Waals surface area contributed by atoms with Gasteiger partial charge in [0.05, 0.1) is 7.11 Å². The van der Waals surface area contributed by atoms with Crippen molar-refractivity contribution in [3.8, 4) is 5.75 Å². The molecule has 0 fully saturated rings. The van der Waals surface area contributed by atoms with Gasteiger partial charge >= 0.3 is 0 Å². The van der Waals surface area contributed by atoms with E-state index < -0.39 is 0 Å². The Balaban J connectivity index is 1.76. The predicted molar refractivity (Wildman–Crippen MR) is 79.5 cm³/mol. The second-order valence-electron chi connectivity index (χ2n) is 4.98. The molecule has 1 aliphatic rings. The van der Waals surface area contributed by atoms with Gasteiger partial charge in [0.25, 0.3) is 0 Å². The van der Waals surface area contributed by atoms with E-state index in [9.17, 15) is 0 Å². The van der Waals surface area contributed by atoms with Gasteiger partial charge in [-0.25, -0.2) is 0 Å². The minimum Gasteiger partial charge on any atom is -0.497 e. The molecule has 0 radical (unpaired) electrons. The summed E-state index contributed by atoms with van der Waals surface area (Å²) >= 11 is 0. The minimum absolute atomic E-state index is 0.568. The molecule has 0 amide bonds. The topological polar surface area (TPSA) is 9.23 Å². The van der Waals surface area contributed by atoms with Crippen LogP contribution >= 0.6 is 0 Å². The molecule has 3 rings (SSSR count). The summed E-state index contributed by atoms with van der Waals surface area (Å²) in [7, 11) is 1.69. The van der Waals surface area contributed by atoms with Crippen LogP contribution in [0.15, 0.2) is 54.6 Å². The van der Waals surface area contributed by atoms with Gasteiger partial charge in [-0.15, -0.1) is 0 Å². The number of hydrogen-bond acceptors (Lipinski definition) is 1. The molecular formula is C18H18O. The van der Waals surface area contributed by atoms with E-state index in [2.05, 4.69) is 48.6 Å². The van der Waals surface area contributed by atoms with Crippen LogP contribution in [-0.2, 0) is 6.42 Å². The summed E-state index contributed by atoms with van der Waals surface area (Å²) in [6.45, 7) is 0. The van der Waals surface area contributed by atoms with Crippen molar-refractivity contribution in [1.29, 1.82) is 0 Å². The molecule has 96 valence electrons. The van der Waals surface area contributed by atoms with Gasteiger partial charge < -0.3 is 4.74 Å². The van der Waals surface area contributed by atoms with Crippen LogP contribution < -0.4 is 4.74 Å². The van der Waals surface area contributed by atoms with Crippen LogP contribution in [0.2, 0.25) is 0 Å². The average Bonchev–Trinajstić information content (AvgIpc) is 2.89. The molecule has 0 aliphatic heterocycles. The largest absolute Gasteiger partial charge is 0.497 e. The van der Waals surface area contributed by atoms with Gasteiger partial charge in [-0.05, 0) is 41.7 Å². The van der Waals surface area contributed by atoms with Crippen molar-refractivity contribution >= 4 is 6.08 Å². The zero-order valence-electron chi connectivity index (χ0n) is 11.2. The van der Waals surface area contributed by atoms with E-state index in [0.717, 1.165) is 5.75 Å². The van der Waals surface area contributed by atoms with Crippen molar-refractivity contribution in [2.45, 2.75) is 18.8 Å². The lowest BCUT2D eigenvalue weighted by Crippen LogP contribution is -1.87. The van der Waals surface area contributed by atoms with E-state index in [4.69, 9.17) is 4.74 Å². The van der Waals surface area contributed by atoms with Crippen LogP contribution in [0.3, 0.4) is 0 Å². The lowest BCUT2D eigenvalue weighted by Gasteiger charge is -2.05. The van der Waals surface area contributed by atoms with E-state index in [1.807, 2.05) is 12.1 Å².